The van der Waals surface area contributed by atoms with Crippen molar-refractivity contribution in [2.24, 2.45) is 5.92 Å². The Kier molecular flexibility index (Phi) is 3.34. The van der Waals surface area contributed by atoms with Crippen molar-refractivity contribution >= 4 is 5.69 Å². The molecule has 0 bridgehead atoms. The first-order valence-electron chi connectivity index (χ1n) is 7.96. The fourth-order valence-corrected chi connectivity index (χ4v) is 3.72. The lowest BCUT2D eigenvalue weighted by molar-refractivity contribution is 0.338. The molecule has 1 aromatic carbocycles. The van der Waals surface area contributed by atoms with Gasteiger partial charge >= 0.3 is 0 Å². The van der Waals surface area contributed by atoms with Gasteiger partial charge in [-0.25, -0.2) is 0 Å². The number of allylic oxidation sites excluding steroid dienone is 2. The van der Waals surface area contributed by atoms with E-state index in [0.717, 1.165) is 12.2 Å². The molecule has 1 aromatic heterocycles. The minimum atomic E-state index is 0.319. The molecule has 2 heterocycles. The van der Waals surface area contributed by atoms with E-state index in [0.29, 0.717) is 24.5 Å². The summed E-state index contributed by atoms with van der Waals surface area (Å²) >= 11 is 0. The molecule has 0 saturated carbocycles. The van der Waals surface area contributed by atoms with Crippen LogP contribution in [0.5, 0.6) is 5.75 Å². The van der Waals surface area contributed by atoms with Crippen LogP contribution < -0.4 is 10.1 Å². The van der Waals surface area contributed by atoms with E-state index in [-0.39, 0.29) is 0 Å². The van der Waals surface area contributed by atoms with Crippen LogP contribution in [0.15, 0.2) is 54.9 Å². The predicted molar refractivity (Wildman–Crippen MR) is 88.2 cm³/mol. The average Bonchev–Trinajstić information content (AvgIpc) is 3.05. The smallest absolute Gasteiger partial charge is 0.119 e. The van der Waals surface area contributed by atoms with Crippen molar-refractivity contribution in [2.45, 2.75) is 25.3 Å². The van der Waals surface area contributed by atoms with Crippen LogP contribution in [0.3, 0.4) is 0 Å². The monoisotopic (exact) mass is 292 g/mol. The first kappa shape index (κ1) is 13.4. The topological polar surface area (TPSA) is 34.1 Å². The Morgan fingerprint density at radius 1 is 1.32 bits per heavy atom. The third-order valence-electron chi connectivity index (χ3n) is 4.69. The molecule has 3 nitrogen and oxygen atoms in total. The Bertz CT molecular complexity index is 696. The fraction of sp³-hybridized carbons (Fsp3) is 0.316. The molecule has 3 unspecified atom stereocenters. The summed E-state index contributed by atoms with van der Waals surface area (Å²) < 4.78 is 5.67. The Balaban J connectivity index is 1.74. The van der Waals surface area contributed by atoms with E-state index >= 15 is 0 Å². The zero-order chi connectivity index (χ0) is 14.9. The maximum atomic E-state index is 5.67. The lowest BCUT2D eigenvalue weighted by atomic mass is 9.77. The highest BCUT2D eigenvalue weighted by Gasteiger charge is 2.38. The first-order valence-corrected chi connectivity index (χ1v) is 7.96. The normalized spacial score (nSPS) is 25.2. The molecule has 0 saturated heterocycles. The minimum Gasteiger partial charge on any atom is -0.494 e. The second-order valence-corrected chi connectivity index (χ2v) is 5.94. The molecular formula is C19H20N2O. The number of nitrogens with one attached hydrogen (secondary N) is 1. The summed E-state index contributed by atoms with van der Waals surface area (Å²) in [4.78, 5) is 4.29. The van der Waals surface area contributed by atoms with Gasteiger partial charge in [-0.15, -0.1) is 0 Å². The van der Waals surface area contributed by atoms with Gasteiger partial charge in [0, 0.05) is 24.0 Å². The van der Waals surface area contributed by atoms with Crippen molar-refractivity contribution in [2.75, 3.05) is 11.9 Å². The third-order valence-corrected chi connectivity index (χ3v) is 4.69. The molecule has 3 heteroatoms. The van der Waals surface area contributed by atoms with Crippen LogP contribution in [-0.4, -0.2) is 11.6 Å². The number of aromatic nitrogens is 1. The van der Waals surface area contributed by atoms with Crippen LogP contribution in [0, 0.1) is 5.92 Å². The summed E-state index contributed by atoms with van der Waals surface area (Å²) in [6.07, 6.45) is 9.58. The summed E-state index contributed by atoms with van der Waals surface area (Å²) in [5.74, 6) is 1.97. The van der Waals surface area contributed by atoms with Crippen LogP contribution in [0.1, 0.15) is 36.4 Å². The molecule has 0 fully saturated rings. The molecular weight excluding hydrogens is 272 g/mol. The predicted octanol–water partition coefficient (Wildman–Crippen LogP) is 4.31. The Hall–Kier alpha value is -2.29. The van der Waals surface area contributed by atoms with Gasteiger partial charge in [0.15, 0.2) is 0 Å². The quantitative estimate of drug-likeness (QED) is 0.856. The number of nitrogens with zero attached hydrogens (tertiary/aromatic N) is 1. The summed E-state index contributed by atoms with van der Waals surface area (Å²) in [5.41, 5.74) is 3.83. The molecule has 1 N–H and O–H groups in total. The number of ether oxygens (including phenoxy) is 1. The molecule has 2 aliphatic rings. The maximum absolute atomic E-state index is 5.67. The van der Waals surface area contributed by atoms with E-state index in [1.54, 1.807) is 0 Å². The van der Waals surface area contributed by atoms with E-state index in [2.05, 4.69) is 46.7 Å². The second-order valence-electron chi connectivity index (χ2n) is 5.94. The van der Waals surface area contributed by atoms with E-state index in [9.17, 15) is 0 Å². The van der Waals surface area contributed by atoms with Crippen molar-refractivity contribution in [1.82, 2.24) is 4.98 Å². The van der Waals surface area contributed by atoms with Gasteiger partial charge < -0.3 is 10.1 Å². The van der Waals surface area contributed by atoms with Gasteiger partial charge in [-0.1, -0.05) is 18.2 Å². The summed E-state index contributed by atoms with van der Waals surface area (Å²) in [7, 11) is 0. The van der Waals surface area contributed by atoms with Crippen LogP contribution >= 0.6 is 0 Å². The minimum absolute atomic E-state index is 0.319. The van der Waals surface area contributed by atoms with Crippen molar-refractivity contribution in [3.05, 3.63) is 66.0 Å². The maximum Gasteiger partial charge on any atom is 0.119 e. The number of hydrogen-bond acceptors (Lipinski definition) is 3. The Labute approximate surface area is 131 Å². The molecule has 2 aromatic rings. The summed E-state index contributed by atoms with van der Waals surface area (Å²) in [6.45, 7) is 2.73. The summed E-state index contributed by atoms with van der Waals surface area (Å²) in [5, 5.41) is 3.72. The Morgan fingerprint density at radius 3 is 3.09 bits per heavy atom. The van der Waals surface area contributed by atoms with Crippen LogP contribution in [-0.2, 0) is 0 Å². The zero-order valence-electron chi connectivity index (χ0n) is 12.7. The molecule has 1 aliphatic carbocycles. The standard InChI is InChI=1S/C19H20N2O/c1-2-22-14-8-9-18-17(11-14)15-6-3-7-16(15)19(21-18)13-5-4-10-20-12-13/h3-6,8-12,15-16,19,21H,2,7H2,1H3. The van der Waals surface area contributed by atoms with Gasteiger partial charge in [0.2, 0.25) is 0 Å². The molecule has 4 rings (SSSR count). The van der Waals surface area contributed by atoms with Gasteiger partial charge in [-0.05, 0) is 54.7 Å². The third kappa shape index (κ3) is 2.17. The highest BCUT2D eigenvalue weighted by Crippen LogP contribution is 2.50. The van der Waals surface area contributed by atoms with Crippen molar-refractivity contribution in [3.63, 3.8) is 0 Å². The van der Waals surface area contributed by atoms with Gasteiger partial charge in [0.05, 0.1) is 12.6 Å². The van der Waals surface area contributed by atoms with Crippen molar-refractivity contribution in [1.29, 1.82) is 0 Å². The van der Waals surface area contributed by atoms with Gasteiger partial charge in [-0.2, -0.15) is 0 Å². The van der Waals surface area contributed by atoms with Crippen LogP contribution in [0.4, 0.5) is 5.69 Å². The number of fused-ring (bicyclic) bond motifs is 3. The highest BCUT2D eigenvalue weighted by molar-refractivity contribution is 5.61. The average molecular weight is 292 g/mol. The zero-order valence-corrected chi connectivity index (χ0v) is 12.7. The van der Waals surface area contributed by atoms with Crippen LogP contribution in [0.2, 0.25) is 0 Å². The summed E-state index contributed by atoms with van der Waals surface area (Å²) in [6, 6.07) is 10.9. The SMILES string of the molecule is CCOc1ccc2c(c1)C1C=CCC1C(c1cccnc1)N2. The van der Waals surface area contributed by atoms with Gasteiger partial charge in [-0.3, -0.25) is 4.98 Å². The number of benzene rings is 1. The largest absolute Gasteiger partial charge is 0.494 e. The van der Waals surface area contributed by atoms with E-state index in [4.69, 9.17) is 4.74 Å². The molecule has 0 radical (unpaired) electrons. The van der Waals surface area contributed by atoms with Crippen LogP contribution in [0.25, 0.3) is 0 Å². The molecule has 1 aliphatic heterocycles. The molecule has 0 amide bonds. The van der Waals surface area contributed by atoms with Crippen molar-refractivity contribution < 1.29 is 4.74 Å². The number of pyridine rings is 1. The lowest BCUT2D eigenvalue weighted by Crippen LogP contribution is -2.29. The molecule has 0 spiro atoms. The van der Waals surface area contributed by atoms with E-state index in [1.807, 2.05) is 25.4 Å². The van der Waals surface area contributed by atoms with E-state index in [1.165, 1.54) is 16.8 Å². The van der Waals surface area contributed by atoms with Gasteiger partial charge in [0.25, 0.3) is 0 Å². The Morgan fingerprint density at radius 2 is 2.27 bits per heavy atom. The molecule has 3 atom stereocenters. The van der Waals surface area contributed by atoms with Gasteiger partial charge in [0.1, 0.15) is 5.75 Å². The fourth-order valence-electron chi connectivity index (χ4n) is 3.72. The number of anilines is 1. The second kappa shape index (κ2) is 5.48. The lowest BCUT2D eigenvalue weighted by Gasteiger charge is -2.37. The first-order chi connectivity index (χ1) is 10.9. The molecule has 112 valence electrons. The molecule has 22 heavy (non-hydrogen) atoms. The number of rotatable bonds is 3. The highest BCUT2D eigenvalue weighted by atomic mass is 16.5. The van der Waals surface area contributed by atoms with Crippen molar-refractivity contribution in [3.8, 4) is 5.75 Å². The van der Waals surface area contributed by atoms with E-state index < -0.39 is 0 Å². The number of hydrogen-bond donors (Lipinski definition) is 1.